The highest BCUT2D eigenvalue weighted by atomic mass is 35.5. The average molecular weight is 285 g/mol. The van der Waals surface area contributed by atoms with Gasteiger partial charge in [-0.15, -0.1) is 0 Å². The maximum Gasteiger partial charge on any atom is 0.0637 e. The van der Waals surface area contributed by atoms with Gasteiger partial charge in [-0.2, -0.15) is 0 Å². The van der Waals surface area contributed by atoms with Gasteiger partial charge in [0.2, 0.25) is 0 Å². The molecular formula is C15H25ClN2O. The molecule has 0 aliphatic carbocycles. The van der Waals surface area contributed by atoms with E-state index in [9.17, 15) is 0 Å². The van der Waals surface area contributed by atoms with E-state index in [0.717, 1.165) is 42.4 Å². The molecule has 0 aliphatic rings. The normalized spacial score (nSPS) is 11.1. The Hall–Kier alpha value is -0.770. The summed E-state index contributed by atoms with van der Waals surface area (Å²) < 4.78 is 5.18. The van der Waals surface area contributed by atoms with Crippen LogP contribution in [-0.2, 0) is 11.2 Å². The van der Waals surface area contributed by atoms with Crippen LogP contribution in [0.3, 0.4) is 0 Å². The van der Waals surface area contributed by atoms with Gasteiger partial charge < -0.3 is 15.4 Å². The van der Waals surface area contributed by atoms with Crippen molar-refractivity contribution in [3.63, 3.8) is 0 Å². The fourth-order valence-corrected chi connectivity index (χ4v) is 2.33. The zero-order valence-corrected chi connectivity index (χ0v) is 12.9. The van der Waals surface area contributed by atoms with Crippen LogP contribution >= 0.6 is 11.6 Å². The van der Waals surface area contributed by atoms with Crippen molar-refractivity contribution < 1.29 is 4.74 Å². The molecule has 2 N–H and O–H groups in total. The van der Waals surface area contributed by atoms with Crippen molar-refractivity contribution in [3.05, 3.63) is 28.8 Å². The van der Waals surface area contributed by atoms with Crippen LogP contribution in [0.25, 0.3) is 0 Å². The van der Waals surface area contributed by atoms with Crippen LogP contribution in [0.2, 0.25) is 5.02 Å². The summed E-state index contributed by atoms with van der Waals surface area (Å²) in [6.45, 7) is 7.64. The molecule has 0 amide bonds. The Morgan fingerprint density at radius 3 is 2.63 bits per heavy atom. The Labute approximate surface area is 121 Å². The maximum absolute atomic E-state index is 6.31. The molecule has 0 spiro atoms. The monoisotopic (exact) mass is 284 g/mol. The highest BCUT2D eigenvalue weighted by Crippen LogP contribution is 2.24. The molecule has 0 aromatic heterocycles. The first-order chi connectivity index (χ1) is 9.08. The number of hydrogen-bond donors (Lipinski definition) is 1. The standard InChI is InChI=1S/C15H25ClN2O/c1-12(2)11-18(8-9-19-3)14-5-4-13(6-7-17)15(16)10-14/h4-5,10,12H,6-9,11,17H2,1-3H3. The summed E-state index contributed by atoms with van der Waals surface area (Å²) in [5, 5.41) is 0.800. The van der Waals surface area contributed by atoms with Gasteiger partial charge in [-0.05, 0) is 36.6 Å². The molecule has 1 aromatic rings. The molecule has 0 saturated carbocycles. The summed E-state index contributed by atoms with van der Waals surface area (Å²) in [5.41, 5.74) is 7.84. The smallest absolute Gasteiger partial charge is 0.0637 e. The fraction of sp³-hybridized carbons (Fsp3) is 0.600. The van der Waals surface area contributed by atoms with Gasteiger partial charge in [-0.25, -0.2) is 0 Å². The van der Waals surface area contributed by atoms with Crippen molar-refractivity contribution in [3.8, 4) is 0 Å². The van der Waals surface area contributed by atoms with Crippen LogP contribution < -0.4 is 10.6 Å². The van der Waals surface area contributed by atoms with E-state index in [-0.39, 0.29) is 0 Å². The Morgan fingerprint density at radius 2 is 2.11 bits per heavy atom. The Bertz CT molecular complexity index is 382. The number of anilines is 1. The molecule has 0 unspecified atom stereocenters. The highest BCUT2D eigenvalue weighted by Gasteiger charge is 2.10. The summed E-state index contributed by atoms with van der Waals surface area (Å²) in [5.74, 6) is 0.597. The molecule has 0 radical (unpaired) electrons. The number of nitrogens with two attached hydrogens (primary N) is 1. The van der Waals surface area contributed by atoms with E-state index in [2.05, 4.69) is 30.9 Å². The minimum Gasteiger partial charge on any atom is -0.383 e. The predicted molar refractivity (Wildman–Crippen MR) is 83.1 cm³/mol. The third-order valence-electron chi connectivity index (χ3n) is 2.97. The summed E-state index contributed by atoms with van der Waals surface area (Å²) in [4.78, 5) is 2.31. The highest BCUT2D eigenvalue weighted by molar-refractivity contribution is 6.31. The Balaban J connectivity index is 2.85. The number of halogens is 1. The van der Waals surface area contributed by atoms with Crippen molar-refractivity contribution in [1.29, 1.82) is 0 Å². The third-order valence-corrected chi connectivity index (χ3v) is 3.32. The Kier molecular flexibility index (Phi) is 7.21. The SMILES string of the molecule is COCCN(CC(C)C)c1ccc(CCN)c(Cl)c1. The van der Waals surface area contributed by atoms with Crippen LogP contribution in [0.15, 0.2) is 18.2 Å². The average Bonchev–Trinajstić information content (AvgIpc) is 2.36. The molecule has 0 heterocycles. The van der Waals surface area contributed by atoms with Crippen molar-refractivity contribution in [2.75, 3.05) is 38.3 Å². The lowest BCUT2D eigenvalue weighted by Crippen LogP contribution is -2.31. The van der Waals surface area contributed by atoms with Crippen LogP contribution in [0.4, 0.5) is 5.69 Å². The lowest BCUT2D eigenvalue weighted by atomic mass is 10.1. The molecule has 1 rings (SSSR count). The maximum atomic E-state index is 6.31. The molecule has 0 bridgehead atoms. The van der Waals surface area contributed by atoms with Gasteiger partial charge >= 0.3 is 0 Å². The van der Waals surface area contributed by atoms with E-state index in [1.165, 1.54) is 0 Å². The molecule has 0 aliphatic heterocycles. The van der Waals surface area contributed by atoms with Crippen LogP contribution in [-0.4, -0.2) is 33.4 Å². The van der Waals surface area contributed by atoms with Gasteiger partial charge in [0, 0.05) is 30.9 Å². The summed E-state index contributed by atoms with van der Waals surface area (Å²) in [7, 11) is 1.73. The first-order valence-electron chi connectivity index (χ1n) is 6.80. The van der Waals surface area contributed by atoms with E-state index in [0.29, 0.717) is 12.5 Å². The molecule has 1 aromatic carbocycles. The number of benzene rings is 1. The van der Waals surface area contributed by atoms with E-state index in [1.54, 1.807) is 7.11 Å². The van der Waals surface area contributed by atoms with E-state index in [4.69, 9.17) is 22.1 Å². The van der Waals surface area contributed by atoms with Crippen LogP contribution in [0.1, 0.15) is 19.4 Å². The summed E-state index contributed by atoms with van der Waals surface area (Å²) >= 11 is 6.31. The van der Waals surface area contributed by atoms with Crippen molar-refractivity contribution in [1.82, 2.24) is 0 Å². The molecule has 19 heavy (non-hydrogen) atoms. The Morgan fingerprint density at radius 1 is 1.37 bits per heavy atom. The molecule has 4 heteroatoms. The minimum absolute atomic E-state index is 0.597. The number of hydrogen-bond acceptors (Lipinski definition) is 3. The van der Waals surface area contributed by atoms with Crippen molar-refractivity contribution in [2.45, 2.75) is 20.3 Å². The van der Waals surface area contributed by atoms with Crippen LogP contribution in [0.5, 0.6) is 0 Å². The minimum atomic E-state index is 0.597. The molecule has 0 atom stereocenters. The zero-order chi connectivity index (χ0) is 14.3. The van der Waals surface area contributed by atoms with Crippen LogP contribution in [0, 0.1) is 5.92 Å². The largest absolute Gasteiger partial charge is 0.383 e. The van der Waals surface area contributed by atoms with E-state index in [1.807, 2.05) is 6.07 Å². The molecule has 3 nitrogen and oxygen atoms in total. The second kappa shape index (κ2) is 8.41. The van der Waals surface area contributed by atoms with Gasteiger partial charge in [0.1, 0.15) is 0 Å². The van der Waals surface area contributed by atoms with Gasteiger partial charge in [0.05, 0.1) is 6.61 Å². The van der Waals surface area contributed by atoms with Crippen molar-refractivity contribution >= 4 is 17.3 Å². The zero-order valence-electron chi connectivity index (χ0n) is 12.2. The molecule has 0 fully saturated rings. The first-order valence-corrected chi connectivity index (χ1v) is 7.18. The summed E-state index contributed by atoms with van der Waals surface area (Å²) in [6.07, 6.45) is 0.821. The van der Waals surface area contributed by atoms with Gasteiger partial charge in [0.15, 0.2) is 0 Å². The first kappa shape index (κ1) is 16.3. The van der Waals surface area contributed by atoms with Gasteiger partial charge in [-0.1, -0.05) is 31.5 Å². The predicted octanol–water partition coefficient (Wildman–Crippen LogP) is 2.95. The van der Waals surface area contributed by atoms with Gasteiger partial charge in [-0.3, -0.25) is 0 Å². The second-order valence-electron chi connectivity index (χ2n) is 5.15. The summed E-state index contributed by atoms with van der Waals surface area (Å²) in [6, 6.07) is 6.23. The van der Waals surface area contributed by atoms with Crippen molar-refractivity contribution in [2.24, 2.45) is 11.7 Å². The number of ether oxygens (including phenoxy) is 1. The topological polar surface area (TPSA) is 38.5 Å². The molecular weight excluding hydrogens is 260 g/mol. The van der Waals surface area contributed by atoms with E-state index >= 15 is 0 Å². The van der Waals surface area contributed by atoms with E-state index < -0.39 is 0 Å². The lowest BCUT2D eigenvalue weighted by Gasteiger charge is -2.27. The van der Waals surface area contributed by atoms with Gasteiger partial charge in [0.25, 0.3) is 0 Å². The number of nitrogens with zero attached hydrogens (tertiary/aromatic N) is 1. The third kappa shape index (κ3) is 5.39. The lowest BCUT2D eigenvalue weighted by molar-refractivity contribution is 0.204. The number of rotatable bonds is 8. The molecule has 0 saturated heterocycles. The molecule has 108 valence electrons. The fourth-order valence-electron chi connectivity index (χ4n) is 2.06. The number of methoxy groups -OCH3 is 1. The second-order valence-corrected chi connectivity index (χ2v) is 5.55. The quantitative estimate of drug-likeness (QED) is 0.798.